The van der Waals surface area contributed by atoms with E-state index in [-0.39, 0.29) is 10.8 Å². The van der Waals surface area contributed by atoms with Crippen LogP contribution >= 0.6 is 0 Å². The molecule has 28 heavy (non-hydrogen) atoms. The molecule has 142 valence electrons. The fourth-order valence-electron chi connectivity index (χ4n) is 4.20. The lowest BCUT2D eigenvalue weighted by molar-refractivity contribution is 0.594. The molecule has 1 heterocycles. The predicted molar refractivity (Wildman–Crippen MR) is 122 cm³/mol. The van der Waals surface area contributed by atoms with Gasteiger partial charge in [-0.2, -0.15) is 0 Å². The maximum atomic E-state index is 5.19. The van der Waals surface area contributed by atoms with E-state index in [4.69, 9.17) is 4.98 Å². The normalized spacial score (nSPS) is 12.6. The smallest absolute Gasteiger partial charge is 0.0746 e. The molecule has 0 spiro atoms. The van der Waals surface area contributed by atoms with Crippen molar-refractivity contribution in [1.82, 2.24) is 4.98 Å². The molecule has 0 atom stereocenters. The molecule has 4 aromatic rings. The first-order valence-electron chi connectivity index (χ1n) is 10.1. The molecule has 0 unspecified atom stereocenters. The molecular formula is C27H29N. The Kier molecular flexibility index (Phi) is 4.30. The molecule has 0 N–H and O–H groups in total. The van der Waals surface area contributed by atoms with Gasteiger partial charge in [-0.15, -0.1) is 0 Å². The summed E-state index contributed by atoms with van der Waals surface area (Å²) in [6.07, 6.45) is 0. The van der Waals surface area contributed by atoms with Crippen LogP contribution in [0.15, 0.2) is 66.7 Å². The van der Waals surface area contributed by atoms with Crippen LogP contribution in [0.25, 0.3) is 32.9 Å². The van der Waals surface area contributed by atoms with Gasteiger partial charge in [-0.3, -0.25) is 0 Å². The summed E-state index contributed by atoms with van der Waals surface area (Å²) < 4.78 is 0. The second-order valence-electron chi connectivity index (χ2n) is 9.78. The van der Waals surface area contributed by atoms with Crippen molar-refractivity contribution in [2.45, 2.75) is 52.4 Å². The van der Waals surface area contributed by atoms with Crippen molar-refractivity contribution in [2.24, 2.45) is 0 Å². The third-order valence-electron chi connectivity index (χ3n) is 5.48. The Bertz CT molecular complexity index is 1170. The van der Waals surface area contributed by atoms with Crippen molar-refractivity contribution < 1.29 is 0 Å². The molecule has 0 fully saturated rings. The number of nitrogens with zero attached hydrogens (tertiary/aromatic N) is 1. The van der Waals surface area contributed by atoms with Gasteiger partial charge in [-0.25, -0.2) is 4.98 Å². The predicted octanol–water partition coefficient (Wildman–Crippen LogP) is 7.65. The van der Waals surface area contributed by atoms with Gasteiger partial charge in [0.05, 0.1) is 11.2 Å². The fourth-order valence-corrected chi connectivity index (χ4v) is 4.20. The zero-order valence-electron chi connectivity index (χ0n) is 17.8. The number of para-hydroxylation sites is 1. The van der Waals surface area contributed by atoms with E-state index in [1.54, 1.807) is 0 Å². The van der Waals surface area contributed by atoms with Crippen LogP contribution in [0.1, 0.15) is 52.7 Å². The molecule has 4 rings (SSSR count). The lowest BCUT2D eigenvalue weighted by Gasteiger charge is -2.26. The molecule has 0 aliphatic rings. The van der Waals surface area contributed by atoms with Gasteiger partial charge in [0.1, 0.15) is 0 Å². The first-order chi connectivity index (χ1) is 13.2. The Hall–Kier alpha value is -2.67. The highest BCUT2D eigenvalue weighted by Crippen LogP contribution is 2.39. The Morgan fingerprint density at radius 3 is 2.00 bits per heavy atom. The van der Waals surface area contributed by atoms with Gasteiger partial charge in [0.2, 0.25) is 0 Å². The highest BCUT2D eigenvalue weighted by atomic mass is 14.7. The molecular weight excluding hydrogens is 338 g/mol. The highest BCUT2D eigenvalue weighted by Gasteiger charge is 2.23. The van der Waals surface area contributed by atoms with Gasteiger partial charge < -0.3 is 0 Å². The van der Waals surface area contributed by atoms with Crippen molar-refractivity contribution in [3.05, 3.63) is 77.9 Å². The zero-order chi connectivity index (χ0) is 20.1. The number of fused-ring (bicyclic) bond motifs is 2. The second kappa shape index (κ2) is 6.44. The maximum absolute atomic E-state index is 5.19. The number of aromatic nitrogens is 1. The molecule has 0 aliphatic carbocycles. The zero-order valence-corrected chi connectivity index (χ0v) is 17.8. The SMILES string of the molecule is CC(C)(C)c1c(-c2ccc3cccc(C(C)(C)C)c3n2)ccc2ccccc12. The monoisotopic (exact) mass is 367 g/mol. The minimum absolute atomic E-state index is 0.0242. The first kappa shape index (κ1) is 18.7. The van der Waals surface area contributed by atoms with Crippen molar-refractivity contribution in [3.63, 3.8) is 0 Å². The number of benzene rings is 3. The molecule has 0 amide bonds. The minimum atomic E-state index is 0.0242. The number of hydrogen-bond acceptors (Lipinski definition) is 1. The summed E-state index contributed by atoms with van der Waals surface area (Å²) >= 11 is 0. The van der Waals surface area contributed by atoms with Gasteiger partial charge in [-0.05, 0) is 38.8 Å². The van der Waals surface area contributed by atoms with Gasteiger partial charge in [-0.1, -0.05) is 102 Å². The average Bonchev–Trinajstić information content (AvgIpc) is 2.64. The van der Waals surface area contributed by atoms with Crippen LogP contribution in [0.5, 0.6) is 0 Å². The summed E-state index contributed by atoms with van der Waals surface area (Å²) in [6, 6.07) is 24.0. The summed E-state index contributed by atoms with van der Waals surface area (Å²) in [5.41, 5.74) is 6.14. The Balaban J connectivity index is 2.05. The first-order valence-corrected chi connectivity index (χ1v) is 10.1. The van der Waals surface area contributed by atoms with Gasteiger partial charge in [0.15, 0.2) is 0 Å². The van der Waals surface area contributed by atoms with E-state index in [9.17, 15) is 0 Å². The standard InChI is InChI=1S/C27H29N/c1-26(2,3)22-13-9-11-19-15-17-23(28-25(19)22)21-16-14-18-10-7-8-12-20(18)24(21)27(4,5)6/h7-17H,1-6H3. The van der Waals surface area contributed by atoms with Crippen LogP contribution in [0.2, 0.25) is 0 Å². The Labute approximate surface area is 168 Å². The molecule has 1 nitrogen and oxygen atoms in total. The minimum Gasteiger partial charge on any atom is -0.247 e. The van der Waals surface area contributed by atoms with Gasteiger partial charge >= 0.3 is 0 Å². The molecule has 0 saturated carbocycles. The van der Waals surface area contributed by atoms with Gasteiger partial charge in [0, 0.05) is 10.9 Å². The molecule has 0 radical (unpaired) electrons. The topological polar surface area (TPSA) is 12.9 Å². The summed E-state index contributed by atoms with van der Waals surface area (Å²) in [5, 5.41) is 3.81. The Morgan fingerprint density at radius 2 is 1.29 bits per heavy atom. The lowest BCUT2D eigenvalue weighted by atomic mass is 9.79. The van der Waals surface area contributed by atoms with Crippen molar-refractivity contribution in [3.8, 4) is 11.3 Å². The van der Waals surface area contributed by atoms with Crippen molar-refractivity contribution >= 4 is 21.7 Å². The van der Waals surface area contributed by atoms with Gasteiger partial charge in [0.25, 0.3) is 0 Å². The van der Waals surface area contributed by atoms with Crippen LogP contribution in [0.3, 0.4) is 0 Å². The molecule has 1 aromatic heterocycles. The van der Waals surface area contributed by atoms with Crippen LogP contribution in [0.4, 0.5) is 0 Å². The summed E-state index contributed by atoms with van der Waals surface area (Å²) in [5.74, 6) is 0. The molecule has 0 saturated heterocycles. The third-order valence-corrected chi connectivity index (χ3v) is 5.48. The van der Waals surface area contributed by atoms with Crippen LogP contribution in [-0.2, 0) is 10.8 Å². The molecule has 0 bridgehead atoms. The van der Waals surface area contributed by atoms with Crippen LogP contribution in [0, 0.1) is 0 Å². The largest absolute Gasteiger partial charge is 0.247 e. The highest BCUT2D eigenvalue weighted by molar-refractivity contribution is 5.93. The third kappa shape index (κ3) is 3.20. The van der Waals surface area contributed by atoms with Crippen molar-refractivity contribution in [2.75, 3.05) is 0 Å². The Morgan fingerprint density at radius 1 is 0.607 bits per heavy atom. The number of hydrogen-bond donors (Lipinski definition) is 0. The van der Waals surface area contributed by atoms with E-state index in [0.29, 0.717) is 0 Å². The van der Waals surface area contributed by atoms with E-state index in [1.807, 2.05) is 0 Å². The van der Waals surface area contributed by atoms with Crippen LogP contribution < -0.4 is 0 Å². The lowest BCUT2D eigenvalue weighted by Crippen LogP contribution is -2.14. The van der Waals surface area contributed by atoms with E-state index in [0.717, 1.165) is 11.2 Å². The van der Waals surface area contributed by atoms with E-state index < -0.39 is 0 Å². The van der Waals surface area contributed by atoms with Crippen molar-refractivity contribution in [1.29, 1.82) is 0 Å². The molecule has 3 aromatic carbocycles. The molecule has 1 heteroatoms. The quantitative estimate of drug-likeness (QED) is 0.337. The van der Waals surface area contributed by atoms with Crippen LogP contribution in [-0.4, -0.2) is 4.98 Å². The average molecular weight is 368 g/mol. The number of rotatable bonds is 1. The van der Waals surface area contributed by atoms with E-state index >= 15 is 0 Å². The van der Waals surface area contributed by atoms with E-state index in [2.05, 4.69) is 108 Å². The number of pyridine rings is 1. The molecule has 0 aliphatic heterocycles. The second-order valence-corrected chi connectivity index (χ2v) is 9.78. The fraction of sp³-hybridized carbons (Fsp3) is 0.296. The van der Waals surface area contributed by atoms with E-state index in [1.165, 1.54) is 32.8 Å². The summed E-state index contributed by atoms with van der Waals surface area (Å²) in [6.45, 7) is 13.6. The summed E-state index contributed by atoms with van der Waals surface area (Å²) in [4.78, 5) is 5.19. The summed E-state index contributed by atoms with van der Waals surface area (Å²) in [7, 11) is 0. The maximum Gasteiger partial charge on any atom is 0.0746 e.